The number of hydrogen-bond donors (Lipinski definition) is 2. The Kier molecular flexibility index (Phi) is 5.08. The molecule has 0 spiro atoms. The van der Waals surface area contributed by atoms with Crippen LogP contribution in [0.4, 0.5) is 0 Å². The smallest absolute Gasteiger partial charge is 0.164 e. The maximum absolute atomic E-state index is 11.1. The van der Waals surface area contributed by atoms with Crippen molar-refractivity contribution in [3.63, 3.8) is 0 Å². The lowest BCUT2D eigenvalue weighted by atomic mass is 9.74. The van der Waals surface area contributed by atoms with E-state index in [1.165, 1.54) is 13.2 Å². The second-order valence-corrected chi connectivity index (χ2v) is 7.13. The molecule has 0 aliphatic heterocycles. The largest absolute Gasteiger partial charge is 0.507 e. The van der Waals surface area contributed by atoms with Gasteiger partial charge in [0, 0.05) is 34.7 Å². The summed E-state index contributed by atoms with van der Waals surface area (Å²) in [7, 11) is 6.26. The second kappa shape index (κ2) is 7.71. The Balaban J connectivity index is 2.02. The minimum absolute atomic E-state index is 0.00893. The molecule has 3 aromatic rings. The zero-order valence-electron chi connectivity index (χ0n) is 17.4. The van der Waals surface area contributed by atoms with E-state index in [2.05, 4.69) is 0 Å². The minimum Gasteiger partial charge on any atom is -0.507 e. The van der Waals surface area contributed by atoms with Crippen molar-refractivity contribution in [3.8, 4) is 45.6 Å². The van der Waals surface area contributed by atoms with Crippen molar-refractivity contribution in [1.29, 1.82) is 0 Å². The first kappa shape index (κ1) is 19.8. The summed E-state index contributed by atoms with van der Waals surface area (Å²) in [6.45, 7) is 0. The standard InChI is InChI=1S/C24H24O6/c1-27-15-7-5-13(6-8-15)17-10-14-9-16(28-2)11-19(29-3)21(14)23-18(25)12-20(30-4)24(26)22(17)23/h5-9,11-12,17,25-26H,10H2,1-4H3. The molecule has 0 heterocycles. The Morgan fingerprint density at radius 2 is 1.40 bits per heavy atom. The topological polar surface area (TPSA) is 77.4 Å². The number of hydrogen-bond acceptors (Lipinski definition) is 6. The van der Waals surface area contributed by atoms with Crippen molar-refractivity contribution in [2.75, 3.05) is 28.4 Å². The number of phenols is 2. The Morgan fingerprint density at radius 3 is 2.00 bits per heavy atom. The monoisotopic (exact) mass is 408 g/mol. The third-order valence-corrected chi connectivity index (χ3v) is 5.66. The van der Waals surface area contributed by atoms with E-state index < -0.39 is 0 Å². The number of methoxy groups -OCH3 is 4. The van der Waals surface area contributed by atoms with Gasteiger partial charge < -0.3 is 29.2 Å². The van der Waals surface area contributed by atoms with E-state index in [1.807, 2.05) is 30.3 Å². The summed E-state index contributed by atoms with van der Waals surface area (Å²) in [6, 6.07) is 12.8. The molecular formula is C24H24O6. The minimum atomic E-state index is -0.212. The van der Waals surface area contributed by atoms with Crippen LogP contribution in [0.25, 0.3) is 11.1 Å². The van der Waals surface area contributed by atoms with E-state index in [-0.39, 0.29) is 23.2 Å². The summed E-state index contributed by atoms with van der Waals surface area (Å²) in [5.74, 6) is 2.02. The van der Waals surface area contributed by atoms with Crippen LogP contribution in [0.5, 0.6) is 34.5 Å². The summed E-state index contributed by atoms with van der Waals surface area (Å²) in [6.07, 6.45) is 0.586. The molecule has 1 aliphatic rings. The molecule has 1 atom stereocenters. The van der Waals surface area contributed by atoms with E-state index in [9.17, 15) is 10.2 Å². The highest BCUT2D eigenvalue weighted by atomic mass is 16.5. The Bertz CT molecular complexity index is 1090. The van der Waals surface area contributed by atoms with Crippen LogP contribution in [0.1, 0.15) is 22.6 Å². The van der Waals surface area contributed by atoms with Crippen molar-refractivity contribution in [2.45, 2.75) is 12.3 Å². The quantitative estimate of drug-likeness (QED) is 0.606. The number of aromatic hydroxyl groups is 2. The summed E-state index contributed by atoms with van der Waals surface area (Å²) < 4.78 is 21.7. The Hall–Kier alpha value is -3.54. The zero-order valence-corrected chi connectivity index (χ0v) is 17.4. The maximum Gasteiger partial charge on any atom is 0.164 e. The Morgan fingerprint density at radius 1 is 0.733 bits per heavy atom. The fraction of sp³-hybridized carbons (Fsp3) is 0.250. The highest BCUT2D eigenvalue weighted by Gasteiger charge is 2.35. The predicted molar refractivity (Wildman–Crippen MR) is 113 cm³/mol. The second-order valence-electron chi connectivity index (χ2n) is 7.13. The molecule has 4 rings (SSSR count). The maximum atomic E-state index is 11.1. The van der Waals surface area contributed by atoms with Gasteiger partial charge in [0.15, 0.2) is 11.5 Å². The lowest BCUT2D eigenvalue weighted by Gasteiger charge is -2.31. The van der Waals surface area contributed by atoms with E-state index >= 15 is 0 Å². The zero-order chi connectivity index (χ0) is 21.4. The number of ether oxygens (including phenoxy) is 4. The van der Waals surface area contributed by atoms with Gasteiger partial charge in [-0.05, 0) is 35.7 Å². The number of phenolic OH excluding ortho intramolecular Hbond substituents is 2. The molecule has 0 amide bonds. The van der Waals surface area contributed by atoms with Crippen LogP contribution < -0.4 is 18.9 Å². The van der Waals surface area contributed by atoms with E-state index in [0.717, 1.165) is 22.4 Å². The van der Waals surface area contributed by atoms with E-state index in [4.69, 9.17) is 18.9 Å². The van der Waals surface area contributed by atoms with Crippen LogP contribution in [0, 0.1) is 0 Å². The first-order chi connectivity index (χ1) is 14.5. The van der Waals surface area contributed by atoms with Crippen molar-refractivity contribution >= 4 is 0 Å². The van der Waals surface area contributed by atoms with Crippen molar-refractivity contribution in [1.82, 2.24) is 0 Å². The van der Waals surface area contributed by atoms with Crippen molar-refractivity contribution in [3.05, 3.63) is 59.2 Å². The van der Waals surface area contributed by atoms with Crippen LogP contribution in [0.3, 0.4) is 0 Å². The van der Waals surface area contributed by atoms with Gasteiger partial charge in [0.2, 0.25) is 0 Å². The molecule has 0 aromatic heterocycles. The van der Waals surface area contributed by atoms with E-state index in [0.29, 0.717) is 29.0 Å². The van der Waals surface area contributed by atoms with Gasteiger partial charge in [0.05, 0.1) is 28.4 Å². The molecule has 2 N–H and O–H groups in total. The predicted octanol–water partition coefficient (Wildman–Crippen LogP) is 4.49. The molecule has 0 radical (unpaired) electrons. The molecule has 3 aromatic carbocycles. The van der Waals surface area contributed by atoms with E-state index in [1.54, 1.807) is 27.4 Å². The molecule has 0 saturated carbocycles. The van der Waals surface area contributed by atoms with Crippen LogP contribution in [-0.2, 0) is 6.42 Å². The highest BCUT2D eigenvalue weighted by Crippen LogP contribution is 2.56. The summed E-state index contributed by atoms with van der Waals surface area (Å²) >= 11 is 0. The fourth-order valence-corrected chi connectivity index (χ4v) is 4.22. The van der Waals surface area contributed by atoms with Crippen LogP contribution >= 0.6 is 0 Å². The van der Waals surface area contributed by atoms with Gasteiger partial charge in [0.25, 0.3) is 0 Å². The van der Waals surface area contributed by atoms with Gasteiger partial charge in [0.1, 0.15) is 23.0 Å². The molecule has 1 aliphatic carbocycles. The number of rotatable bonds is 5. The normalized spacial score (nSPS) is 14.5. The Labute approximate surface area is 175 Å². The number of benzene rings is 3. The van der Waals surface area contributed by atoms with Gasteiger partial charge in [-0.2, -0.15) is 0 Å². The van der Waals surface area contributed by atoms with Gasteiger partial charge >= 0.3 is 0 Å². The molecular weight excluding hydrogens is 384 g/mol. The average molecular weight is 408 g/mol. The molecule has 0 bridgehead atoms. The summed E-state index contributed by atoms with van der Waals surface area (Å²) in [5, 5.41) is 22.0. The molecule has 30 heavy (non-hydrogen) atoms. The lowest BCUT2D eigenvalue weighted by molar-refractivity contribution is 0.363. The van der Waals surface area contributed by atoms with Crippen molar-refractivity contribution in [2.24, 2.45) is 0 Å². The highest BCUT2D eigenvalue weighted by molar-refractivity contribution is 5.88. The molecule has 0 saturated heterocycles. The lowest BCUT2D eigenvalue weighted by Crippen LogP contribution is -2.14. The molecule has 0 fully saturated rings. The number of fused-ring (bicyclic) bond motifs is 3. The van der Waals surface area contributed by atoms with Crippen LogP contribution in [0.15, 0.2) is 42.5 Å². The third-order valence-electron chi connectivity index (χ3n) is 5.66. The van der Waals surface area contributed by atoms with Crippen molar-refractivity contribution < 1.29 is 29.2 Å². The summed E-state index contributed by atoms with van der Waals surface area (Å²) in [4.78, 5) is 0. The molecule has 6 heteroatoms. The third kappa shape index (κ3) is 3.05. The van der Waals surface area contributed by atoms with Gasteiger partial charge in [-0.25, -0.2) is 0 Å². The summed E-state index contributed by atoms with van der Waals surface area (Å²) in [5.41, 5.74) is 3.82. The molecule has 156 valence electrons. The van der Waals surface area contributed by atoms with Gasteiger partial charge in [-0.15, -0.1) is 0 Å². The molecule has 6 nitrogen and oxygen atoms in total. The SMILES string of the molecule is COc1ccc(C2Cc3cc(OC)cc(OC)c3-c3c(O)cc(OC)c(O)c32)cc1. The van der Waals surface area contributed by atoms with Gasteiger partial charge in [-0.3, -0.25) is 0 Å². The van der Waals surface area contributed by atoms with Crippen LogP contribution in [0.2, 0.25) is 0 Å². The van der Waals surface area contributed by atoms with Crippen LogP contribution in [-0.4, -0.2) is 38.7 Å². The molecule has 1 unspecified atom stereocenters. The fourth-order valence-electron chi connectivity index (χ4n) is 4.22. The first-order valence-corrected chi connectivity index (χ1v) is 9.54. The average Bonchev–Trinajstić information content (AvgIpc) is 2.79. The van der Waals surface area contributed by atoms with Gasteiger partial charge in [-0.1, -0.05) is 12.1 Å². The first-order valence-electron chi connectivity index (χ1n) is 9.54.